The van der Waals surface area contributed by atoms with Gasteiger partial charge >= 0.3 is 0 Å². The molecule has 0 unspecified atom stereocenters. The van der Waals surface area contributed by atoms with E-state index in [9.17, 15) is 5.11 Å². The van der Waals surface area contributed by atoms with Crippen molar-refractivity contribution in [1.82, 2.24) is 0 Å². The van der Waals surface area contributed by atoms with E-state index in [1.165, 1.54) is 56.9 Å². The van der Waals surface area contributed by atoms with Crippen molar-refractivity contribution in [3.63, 3.8) is 0 Å². The second-order valence-electron chi connectivity index (χ2n) is 5.94. The van der Waals surface area contributed by atoms with Crippen molar-refractivity contribution in [1.29, 1.82) is 0 Å². The first kappa shape index (κ1) is 15.4. The van der Waals surface area contributed by atoms with Crippen LogP contribution in [0.2, 0.25) is 0 Å². The first-order chi connectivity index (χ1) is 9.81. The monoisotopic (exact) mass is 276 g/mol. The van der Waals surface area contributed by atoms with Crippen molar-refractivity contribution in [2.24, 2.45) is 0 Å². The number of unbranched alkanes of at least 4 members (excludes halogenated alkanes) is 2. The summed E-state index contributed by atoms with van der Waals surface area (Å²) in [6, 6.07) is 5.86. The van der Waals surface area contributed by atoms with Gasteiger partial charge < -0.3 is 9.84 Å². The summed E-state index contributed by atoms with van der Waals surface area (Å²) in [6.07, 6.45) is 11.4. The van der Waals surface area contributed by atoms with Crippen molar-refractivity contribution >= 4 is 0 Å². The number of aryl methyl sites for hydroxylation is 1. The Balaban J connectivity index is 1.93. The van der Waals surface area contributed by atoms with Crippen LogP contribution in [0.25, 0.3) is 0 Å². The van der Waals surface area contributed by atoms with Crippen LogP contribution in [0, 0.1) is 0 Å². The van der Waals surface area contributed by atoms with Crippen LogP contribution < -0.4 is 0 Å². The molecule has 2 rings (SSSR count). The van der Waals surface area contributed by atoms with Gasteiger partial charge in [-0.2, -0.15) is 0 Å². The van der Waals surface area contributed by atoms with Crippen molar-refractivity contribution in [3.8, 4) is 5.75 Å². The summed E-state index contributed by atoms with van der Waals surface area (Å²) < 4.78 is 6.04. The molecule has 0 aliphatic heterocycles. The van der Waals surface area contributed by atoms with Gasteiger partial charge in [-0.15, -0.1) is 0 Å². The molecule has 1 N–H and O–H groups in total. The molecule has 2 heteroatoms. The highest BCUT2D eigenvalue weighted by atomic mass is 16.5. The van der Waals surface area contributed by atoms with Gasteiger partial charge in [0.1, 0.15) is 5.75 Å². The summed E-state index contributed by atoms with van der Waals surface area (Å²) in [5, 5.41) is 10.1. The second-order valence-corrected chi connectivity index (χ2v) is 5.94. The van der Waals surface area contributed by atoms with Gasteiger partial charge in [0, 0.05) is 5.56 Å². The Morgan fingerprint density at radius 1 is 1.15 bits per heavy atom. The van der Waals surface area contributed by atoms with Gasteiger partial charge in [-0.3, -0.25) is 0 Å². The lowest BCUT2D eigenvalue weighted by atomic mass is 9.97. The lowest BCUT2D eigenvalue weighted by Crippen LogP contribution is -2.16. The molecule has 0 bridgehead atoms. The van der Waals surface area contributed by atoms with Crippen molar-refractivity contribution < 1.29 is 9.84 Å². The number of phenols is 1. The molecular formula is C18H28O2. The molecule has 1 aliphatic carbocycles. The van der Waals surface area contributed by atoms with Crippen LogP contribution in [-0.2, 0) is 17.8 Å². The predicted molar refractivity (Wildman–Crippen MR) is 83.0 cm³/mol. The van der Waals surface area contributed by atoms with E-state index in [2.05, 4.69) is 13.0 Å². The average molecular weight is 276 g/mol. The van der Waals surface area contributed by atoms with Crippen LogP contribution in [-0.4, -0.2) is 11.2 Å². The molecule has 0 spiro atoms. The third kappa shape index (κ3) is 4.52. The lowest BCUT2D eigenvalue weighted by molar-refractivity contribution is 0.0157. The molecule has 0 heterocycles. The molecule has 0 atom stereocenters. The summed E-state index contributed by atoms with van der Waals surface area (Å²) in [4.78, 5) is 0. The number of hydrogen-bond acceptors (Lipinski definition) is 2. The van der Waals surface area contributed by atoms with Crippen LogP contribution in [0.4, 0.5) is 0 Å². The average Bonchev–Trinajstić information content (AvgIpc) is 2.48. The molecule has 112 valence electrons. The van der Waals surface area contributed by atoms with Gasteiger partial charge in [-0.1, -0.05) is 51.2 Å². The van der Waals surface area contributed by atoms with Crippen LogP contribution in [0.5, 0.6) is 5.75 Å². The minimum absolute atomic E-state index is 0.395. The van der Waals surface area contributed by atoms with E-state index in [1.807, 2.05) is 6.07 Å². The maximum atomic E-state index is 10.1. The highest BCUT2D eigenvalue weighted by Gasteiger charge is 2.15. The van der Waals surface area contributed by atoms with E-state index < -0.39 is 0 Å². The number of benzene rings is 1. The normalized spacial score (nSPS) is 16.4. The zero-order chi connectivity index (χ0) is 14.2. The summed E-state index contributed by atoms with van der Waals surface area (Å²) in [6.45, 7) is 2.79. The van der Waals surface area contributed by atoms with Crippen LogP contribution in [0.15, 0.2) is 18.2 Å². The Morgan fingerprint density at radius 2 is 1.95 bits per heavy atom. The third-order valence-corrected chi connectivity index (χ3v) is 4.31. The molecule has 0 saturated heterocycles. The standard InChI is InChI=1S/C18H28O2/c1-2-3-5-9-15-10-8-13-18(19)17(15)14-20-16-11-6-4-7-12-16/h8,10,13,16,19H,2-7,9,11-12,14H2,1H3. The number of rotatable bonds is 7. The van der Waals surface area contributed by atoms with E-state index >= 15 is 0 Å². The van der Waals surface area contributed by atoms with Gasteiger partial charge in [-0.05, 0) is 37.3 Å². The van der Waals surface area contributed by atoms with Crippen molar-refractivity contribution in [2.75, 3.05) is 0 Å². The Morgan fingerprint density at radius 3 is 2.70 bits per heavy atom. The summed E-state index contributed by atoms with van der Waals surface area (Å²) >= 11 is 0. The van der Waals surface area contributed by atoms with Crippen molar-refractivity contribution in [2.45, 2.75) is 77.4 Å². The molecule has 1 saturated carbocycles. The highest BCUT2D eigenvalue weighted by Crippen LogP contribution is 2.27. The summed E-state index contributed by atoms with van der Waals surface area (Å²) in [5.41, 5.74) is 2.27. The fraction of sp³-hybridized carbons (Fsp3) is 0.667. The van der Waals surface area contributed by atoms with E-state index in [-0.39, 0.29) is 0 Å². The van der Waals surface area contributed by atoms with E-state index in [0.29, 0.717) is 18.5 Å². The molecular weight excluding hydrogens is 248 g/mol. The molecule has 1 aromatic rings. The summed E-state index contributed by atoms with van der Waals surface area (Å²) in [7, 11) is 0. The van der Waals surface area contributed by atoms with Crippen LogP contribution >= 0.6 is 0 Å². The first-order valence-electron chi connectivity index (χ1n) is 8.22. The van der Waals surface area contributed by atoms with Crippen molar-refractivity contribution in [3.05, 3.63) is 29.3 Å². The Kier molecular flexibility index (Phi) is 6.38. The molecule has 20 heavy (non-hydrogen) atoms. The topological polar surface area (TPSA) is 29.5 Å². The largest absolute Gasteiger partial charge is 0.508 e. The number of hydrogen-bond donors (Lipinski definition) is 1. The second kappa shape index (κ2) is 8.31. The molecule has 1 aliphatic rings. The zero-order valence-electron chi connectivity index (χ0n) is 12.7. The maximum absolute atomic E-state index is 10.1. The first-order valence-corrected chi connectivity index (χ1v) is 8.22. The lowest BCUT2D eigenvalue weighted by Gasteiger charge is -2.23. The van der Waals surface area contributed by atoms with Crippen LogP contribution in [0.1, 0.15) is 69.4 Å². The molecule has 1 aromatic carbocycles. The van der Waals surface area contributed by atoms with Crippen LogP contribution in [0.3, 0.4) is 0 Å². The van der Waals surface area contributed by atoms with Gasteiger partial charge in [0.2, 0.25) is 0 Å². The highest BCUT2D eigenvalue weighted by molar-refractivity contribution is 5.38. The maximum Gasteiger partial charge on any atom is 0.121 e. The number of phenolic OH excluding ortho intramolecular Hbond substituents is 1. The molecule has 1 fully saturated rings. The van der Waals surface area contributed by atoms with E-state index in [1.54, 1.807) is 6.07 Å². The Bertz CT molecular complexity index is 394. The third-order valence-electron chi connectivity index (χ3n) is 4.31. The molecule has 0 aromatic heterocycles. The smallest absolute Gasteiger partial charge is 0.121 e. The number of ether oxygens (including phenoxy) is 1. The molecule has 0 radical (unpaired) electrons. The van der Waals surface area contributed by atoms with Gasteiger partial charge in [0.05, 0.1) is 12.7 Å². The minimum Gasteiger partial charge on any atom is -0.508 e. The van der Waals surface area contributed by atoms with Gasteiger partial charge in [0.15, 0.2) is 0 Å². The van der Waals surface area contributed by atoms with Gasteiger partial charge in [-0.25, -0.2) is 0 Å². The SMILES string of the molecule is CCCCCc1cccc(O)c1COC1CCCCC1. The zero-order valence-corrected chi connectivity index (χ0v) is 12.7. The fourth-order valence-electron chi connectivity index (χ4n) is 3.02. The van der Waals surface area contributed by atoms with Gasteiger partial charge in [0.25, 0.3) is 0 Å². The molecule has 2 nitrogen and oxygen atoms in total. The quantitative estimate of drug-likeness (QED) is 0.712. The molecule has 0 amide bonds. The van der Waals surface area contributed by atoms with E-state index in [0.717, 1.165) is 12.0 Å². The Hall–Kier alpha value is -1.02. The fourth-order valence-corrected chi connectivity index (χ4v) is 3.02. The minimum atomic E-state index is 0.395. The number of aromatic hydroxyl groups is 1. The Labute approximate surface area is 123 Å². The summed E-state index contributed by atoms with van der Waals surface area (Å²) in [5.74, 6) is 0.398. The predicted octanol–water partition coefficient (Wildman–Crippen LogP) is 4.97. The van der Waals surface area contributed by atoms with E-state index in [4.69, 9.17) is 4.74 Å².